The zero-order chi connectivity index (χ0) is 17.8. The third-order valence-electron chi connectivity index (χ3n) is 4.02. The van der Waals surface area contributed by atoms with Crippen molar-refractivity contribution >= 4 is 11.6 Å². The third-order valence-corrected chi connectivity index (χ3v) is 4.02. The summed E-state index contributed by atoms with van der Waals surface area (Å²) in [6.45, 7) is 0.770. The number of aliphatic hydroxyl groups is 1. The van der Waals surface area contributed by atoms with Crippen molar-refractivity contribution in [1.82, 2.24) is 4.90 Å². The molecule has 1 aromatic heterocycles. The van der Waals surface area contributed by atoms with Crippen LogP contribution < -0.4 is 10.1 Å². The average molecular weight is 344 g/mol. The monoisotopic (exact) mass is 344 g/mol. The molecule has 3 rings (SSSR count). The first kappa shape index (κ1) is 17.5. The molecule has 2 aromatic rings. The van der Waals surface area contributed by atoms with E-state index in [0.717, 1.165) is 18.6 Å². The van der Waals surface area contributed by atoms with Gasteiger partial charge in [0.15, 0.2) is 0 Å². The van der Waals surface area contributed by atoms with E-state index in [1.165, 1.54) is 0 Å². The Hall–Kier alpha value is -2.31. The molecule has 1 saturated carbocycles. The second-order valence-electron chi connectivity index (χ2n) is 6.68. The largest absolute Gasteiger partial charge is 0.491 e. The van der Waals surface area contributed by atoms with E-state index >= 15 is 0 Å². The summed E-state index contributed by atoms with van der Waals surface area (Å²) < 4.78 is 11.0. The maximum atomic E-state index is 12.4. The van der Waals surface area contributed by atoms with Gasteiger partial charge in [0, 0.05) is 18.2 Å². The number of amides is 1. The van der Waals surface area contributed by atoms with Crippen molar-refractivity contribution in [3.8, 4) is 5.75 Å². The summed E-state index contributed by atoms with van der Waals surface area (Å²) in [7, 11) is 3.80. The molecule has 0 aliphatic heterocycles. The minimum Gasteiger partial charge on any atom is -0.491 e. The number of ether oxygens (including phenoxy) is 1. The van der Waals surface area contributed by atoms with Crippen molar-refractivity contribution in [1.29, 1.82) is 0 Å². The van der Waals surface area contributed by atoms with E-state index < -0.39 is 6.10 Å². The fourth-order valence-corrected chi connectivity index (χ4v) is 2.67. The lowest BCUT2D eigenvalue weighted by molar-refractivity contribution is 0.0831. The molecule has 0 saturated heterocycles. The molecule has 1 heterocycles. The summed E-state index contributed by atoms with van der Waals surface area (Å²) >= 11 is 0. The molecule has 1 atom stereocenters. The number of benzene rings is 1. The highest BCUT2D eigenvalue weighted by atomic mass is 16.5. The quantitative estimate of drug-likeness (QED) is 0.770. The van der Waals surface area contributed by atoms with Crippen LogP contribution in [0.25, 0.3) is 0 Å². The van der Waals surface area contributed by atoms with Crippen molar-refractivity contribution in [2.75, 3.05) is 32.6 Å². The minimum absolute atomic E-state index is 0.161. The molecule has 6 nitrogen and oxygen atoms in total. The molecule has 0 radical (unpaired) electrons. The number of hydrogen-bond donors (Lipinski definition) is 2. The average Bonchev–Trinajstić information content (AvgIpc) is 3.30. The zero-order valence-electron chi connectivity index (χ0n) is 14.6. The fraction of sp³-hybridized carbons (Fsp3) is 0.421. The first-order valence-electron chi connectivity index (χ1n) is 8.47. The Bertz CT molecular complexity index is 704. The Morgan fingerprint density at radius 2 is 2.04 bits per heavy atom. The van der Waals surface area contributed by atoms with Crippen molar-refractivity contribution in [2.45, 2.75) is 24.9 Å². The topological polar surface area (TPSA) is 74.9 Å². The number of furan rings is 1. The number of hydrogen-bond acceptors (Lipinski definition) is 5. The van der Waals surface area contributed by atoms with Crippen LogP contribution in [0.1, 0.15) is 34.9 Å². The molecule has 25 heavy (non-hydrogen) atoms. The Morgan fingerprint density at radius 3 is 2.68 bits per heavy atom. The molecule has 1 aromatic carbocycles. The Morgan fingerprint density at radius 1 is 1.32 bits per heavy atom. The standard InChI is InChI=1S/C19H24N2O4/c1-21(2)11-15(22)12-25-16-7-5-14(6-8-16)20-19(23)17-9-10-24-18(17)13-3-4-13/h5-10,13,15,22H,3-4,11-12H2,1-2H3,(H,20,23)/t15-/m0/s1. The van der Waals surface area contributed by atoms with Crippen LogP contribution in [0.2, 0.25) is 0 Å². The Kier molecular flexibility index (Phi) is 5.40. The summed E-state index contributed by atoms with van der Waals surface area (Å²) in [5.74, 6) is 1.66. The summed E-state index contributed by atoms with van der Waals surface area (Å²) in [6, 6.07) is 8.82. The van der Waals surface area contributed by atoms with Gasteiger partial charge in [-0.3, -0.25) is 4.79 Å². The van der Waals surface area contributed by atoms with E-state index in [2.05, 4.69) is 5.32 Å². The van der Waals surface area contributed by atoms with Crippen LogP contribution in [0, 0.1) is 0 Å². The fourth-order valence-electron chi connectivity index (χ4n) is 2.67. The zero-order valence-corrected chi connectivity index (χ0v) is 14.6. The Labute approximate surface area is 147 Å². The van der Waals surface area contributed by atoms with Crippen LogP contribution >= 0.6 is 0 Å². The molecular weight excluding hydrogens is 320 g/mol. The highest BCUT2D eigenvalue weighted by Crippen LogP contribution is 2.42. The summed E-state index contributed by atoms with van der Waals surface area (Å²) in [5.41, 5.74) is 1.30. The van der Waals surface area contributed by atoms with Crippen LogP contribution in [0.3, 0.4) is 0 Å². The summed E-state index contributed by atoms with van der Waals surface area (Å²) in [4.78, 5) is 14.3. The predicted octanol–water partition coefficient (Wildman–Crippen LogP) is 2.71. The van der Waals surface area contributed by atoms with E-state index in [0.29, 0.717) is 29.5 Å². The maximum Gasteiger partial charge on any atom is 0.259 e. The number of carbonyl (C=O) groups is 1. The molecule has 2 N–H and O–H groups in total. The van der Waals surface area contributed by atoms with Gasteiger partial charge in [0.1, 0.15) is 24.2 Å². The van der Waals surface area contributed by atoms with E-state index in [1.807, 2.05) is 19.0 Å². The van der Waals surface area contributed by atoms with Gasteiger partial charge in [0.05, 0.1) is 11.8 Å². The molecule has 1 aliphatic rings. The second-order valence-corrected chi connectivity index (χ2v) is 6.68. The van der Waals surface area contributed by atoms with Gasteiger partial charge in [0.25, 0.3) is 5.91 Å². The number of rotatable bonds is 8. The van der Waals surface area contributed by atoms with Crippen LogP contribution in [0.15, 0.2) is 41.0 Å². The SMILES string of the molecule is CN(C)C[C@H](O)COc1ccc(NC(=O)c2ccoc2C2CC2)cc1. The van der Waals surface area contributed by atoms with Crippen LogP contribution in [0.4, 0.5) is 5.69 Å². The van der Waals surface area contributed by atoms with Gasteiger partial charge < -0.3 is 24.5 Å². The Balaban J connectivity index is 1.53. The van der Waals surface area contributed by atoms with Gasteiger partial charge >= 0.3 is 0 Å². The van der Waals surface area contributed by atoms with Crippen molar-refractivity contribution < 1.29 is 19.1 Å². The van der Waals surface area contributed by atoms with Crippen LogP contribution in [-0.2, 0) is 0 Å². The molecule has 1 amide bonds. The smallest absolute Gasteiger partial charge is 0.259 e. The van der Waals surface area contributed by atoms with Crippen molar-refractivity contribution in [3.63, 3.8) is 0 Å². The van der Waals surface area contributed by atoms with E-state index in [9.17, 15) is 9.90 Å². The lowest BCUT2D eigenvalue weighted by Gasteiger charge is -2.16. The van der Waals surface area contributed by atoms with E-state index in [1.54, 1.807) is 36.6 Å². The van der Waals surface area contributed by atoms with E-state index in [-0.39, 0.29) is 12.5 Å². The molecule has 1 aliphatic carbocycles. The molecule has 0 unspecified atom stereocenters. The first-order chi connectivity index (χ1) is 12.0. The van der Waals surface area contributed by atoms with Crippen molar-refractivity contribution in [3.05, 3.63) is 47.9 Å². The molecule has 0 bridgehead atoms. The summed E-state index contributed by atoms with van der Waals surface area (Å²) in [6.07, 6.45) is 3.19. The van der Waals surface area contributed by atoms with Gasteiger partial charge in [-0.05, 0) is 57.3 Å². The number of nitrogens with zero attached hydrogens (tertiary/aromatic N) is 1. The van der Waals surface area contributed by atoms with E-state index in [4.69, 9.17) is 9.15 Å². The third kappa shape index (κ3) is 4.84. The molecule has 134 valence electrons. The van der Waals surface area contributed by atoms with Gasteiger partial charge in [0.2, 0.25) is 0 Å². The molecule has 0 spiro atoms. The maximum absolute atomic E-state index is 12.4. The highest BCUT2D eigenvalue weighted by molar-refractivity contribution is 6.05. The van der Waals surface area contributed by atoms with Gasteiger partial charge in [-0.25, -0.2) is 0 Å². The number of likely N-dealkylation sites (N-methyl/N-ethyl adjacent to an activating group) is 1. The molecular formula is C19H24N2O4. The number of nitrogens with one attached hydrogen (secondary N) is 1. The number of aliphatic hydroxyl groups excluding tert-OH is 1. The lowest BCUT2D eigenvalue weighted by atomic mass is 10.1. The van der Waals surface area contributed by atoms with Gasteiger partial charge in [-0.2, -0.15) is 0 Å². The van der Waals surface area contributed by atoms with Crippen LogP contribution in [0.5, 0.6) is 5.75 Å². The normalized spacial score (nSPS) is 15.2. The van der Waals surface area contributed by atoms with Gasteiger partial charge in [-0.1, -0.05) is 0 Å². The molecule has 1 fully saturated rings. The summed E-state index contributed by atoms with van der Waals surface area (Å²) in [5, 5.41) is 12.7. The molecule has 6 heteroatoms. The highest BCUT2D eigenvalue weighted by Gasteiger charge is 2.31. The number of carbonyl (C=O) groups excluding carboxylic acids is 1. The second kappa shape index (κ2) is 7.72. The van der Waals surface area contributed by atoms with Crippen molar-refractivity contribution in [2.24, 2.45) is 0 Å². The predicted molar refractivity (Wildman–Crippen MR) is 95.1 cm³/mol. The number of anilines is 1. The van der Waals surface area contributed by atoms with Crippen LogP contribution in [-0.4, -0.2) is 49.3 Å². The lowest BCUT2D eigenvalue weighted by Crippen LogP contribution is -2.30. The minimum atomic E-state index is -0.545. The first-order valence-corrected chi connectivity index (χ1v) is 8.47. The van der Waals surface area contributed by atoms with Gasteiger partial charge in [-0.15, -0.1) is 0 Å².